The van der Waals surface area contributed by atoms with Gasteiger partial charge in [-0.1, -0.05) is 35.9 Å². The van der Waals surface area contributed by atoms with Gasteiger partial charge in [-0.05, 0) is 78.8 Å². The minimum absolute atomic E-state index is 0.0389. The predicted molar refractivity (Wildman–Crippen MR) is 130 cm³/mol. The molecule has 0 fully saturated rings. The Morgan fingerprint density at radius 1 is 1.10 bits per heavy atom. The van der Waals surface area contributed by atoms with Crippen molar-refractivity contribution < 1.29 is 13.2 Å². The van der Waals surface area contributed by atoms with Gasteiger partial charge in [-0.3, -0.25) is 4.79 Å². The molecule has 0 saturated carbocycles. The van der Waals surface area contributed by atoms with E-state index in [0.717, 1.165) is 26.6 Å². The van der Waals surface area contributed by atoms with Crippen LogP contribution in [0, 0.1) is 10.5 Å². The van der Waals surface area contributed by atoms with Crippen molar-refractivity contribution in [3.63, 3.8) is 0 Å². The summed E-state index contributed by atoms with van der Waals surface area (Å²) in [4.78, 5) is 13.1. The van der Waals surface area contributed by atoms with Crippen molar-refractivity contribution in [1.29, 1.82) is 0 Å². The number of nitrogens with zero attached hydrogens (tertiary/aromatic N) is 1. The minimum atomic E-state index is -3.72. The monoisotopic (exact) mass is 556 g/mol. The number of aromatic nitrogens is 1. The molecule has 0 saturated heterocycles. The van der Waals surface area contributed by atoms with Crippen molar-refractivity contribution in [3.8, 4) is 22.4 Å². The molecule has 1 heterocycles. The number of sulfonamides is 1. The molecule has 0 bridgehead atoms. The van der Waals surface area contributed by atoms with Gasteiger partial charge in [-0.25, -0.2) is 13.1 Å². The third-order valence-corrected chi connectivity index (χ3v) is 6.18. The Morgan fingerprint density at radius 2 is 1.73 bits per heavy atom. The van der Waals surface area contributed by atoms with Gasteiger partial charge in [-0.2, -0.15) is 0 Å². The van der Waals surface area contributed by atoms with Crippen LogP contribution in [0.2, 0.25) is 5.02 Å². The number of benzene rings is 2. The lowest BCUT2D eigenvalue weighted by Gasteiger charge is -2.17. The second-order valence-electron chi connectivity index (χ2n) is 7.37. The zero-order chi connectivity index (χ0) is 22.2. The molecule has 0 spiro atoms. The minimum Gasteiger partial charge on any atom is -0.341 e. The van der Waals surface area contributed by atoms with E-state index in [1.807, 2.05) is 57.2 Å². The maximum Gasteiger partial charge on any atom is 0.267 e. The van der Waals surface area contributed by atoms with E-state index in [-0.39, 0.29) is 6.04 Å². The Bertz CT molecular complexity index is 1220. The van der Waals surface area contributed by atoms with Crippen LogP contribution in [0.3, 0.4) is 0 Å². The van der Waals surface area contributed by atoms with Gasteiger partial charge in [0.05, 0.1) is 17.5 Å². The first kappa shape index (κ1) is 22.8. The Hall–Kier alpha value is -1.84. The largest absolute Gasteiger partial charge is 0.341 e. The molecular weight excluding hydrogens is 535 g/mol. The van der Waals surface area contributed by atoms with Crippen LogP contribution in [-0.2, 0) is 10.0 Å². The highest BCUT2D eigenvalue weighted by atomic mass is 127. The number of hydrogen-bond acceptors (Lipinski definition) is 3. The molecule has 30 heavy (non-hydrogen) atoms. The molecule has 8 heteroatoms. The van der Waals surface area contributed by atoms with Gasteiger partial charge >= 0.3 is 0 Å². The van der Waals surface area contributed by atoms with Crippen LogP contribution in [0.15, 0.2) is 48.5 Å². The lowest BCUT2D eigenvalue weighted by molar-refractivity contribution is 0.0981. The Kier molecular flexibility index (Phi) is 6.64. The van der Waals surface area contributed by atoms with Crippen LogP contribution >= 0.6 is 34.2 Å². The highest BCUT2D eigenvalue weighted by Crippen LogP contribution is 2.41. The quantitative estimate of drug-likeness (QED) is 0.413. The molecule has 158 valence electrons. The average Bonchev–Trinajstić information content (AvgIpc) is 2.94. The summed E-state index contributed by atoms with van der Waals surface area (Å²) >= 11 is 8.32. The molecule has 1 aromatic heterocycles. The summed E-state index contributed by atoms with van der Waals surface area (Å²) in [5.74, 6) is -0.640. The number of nitrogens with one attached hydrogen (secondary N) is 1. The zero-order valence-electron chi connectivity index (χ0n) is 17.0. The first-order valence-corrected chi connectivity index (χ1v) is 12.6. The molecule has 0 radical (unpaired) electrons. The number of rotatable bonds is 5. The second-order valence-corrected chi connectivity index (χ2v) is 10.8. The lowest BCUT2D eigenvalue weighted by atomic mass is 9.96. The van der Waals surface area contributed by atoms with Crippen LogP contribution in [0.5, 0.6) is 0 Å². The summed E-state index contributed by atoms with van der Waals surface area (Å²) in [6.07, 6.45) is 0.977. The smallest absolute Gasteiger partial charge is 0.267 e. The van der Waals surface area contributed by atoms with Crippen molar-refractivity contribution in [2.45, 2.75) is 26.8 Å². The molecule has 0 aliphatic carbocycles. The van der Waals surface area contributed by atoms with Gasteiger partial charge in [0.2, 0.25) is 10.0 Å². The van der Waals surface area contributed by atoms with E-state index in [0.29, 0.717) is 21.8 Å². The van der Waals surface area contributed by atoms with Crippen molar-refractivity contribution >= 4 is 50.1 Å². The Labute approximate surface area is 195 Å². The SMILES string of the molecule is Cc1c(C(=O)NS(C)(=O)=O)c(-c2cccc(I)c2)c(-c2ccc(Cl)cc2)n1C(C)C. The fourth-order valence-corrected chi connectivity index (χ4v) is 4.77. The Balaban J connectivity index is 2.44. The van der Waals surface area contributed by atoms with E-state index in [1.54, 1.807) is 12.1 Å². The first-order chi connectivity index (χ1) is 14.0. The summed E-state index contributed by atoms with van der Waals surface area (Å²) in [6.45, 7) is 5.90. The first-order valence-electron chi connectivity index (χ1n) is 9.28. The molecule has 5 nitrogen and oxygen atoms in total. The van der Waals surface area contributed by atoms with E-state index in [2.05, 4.69) is 31.9 Å². The summed E-state index contributed by atoms with van der Waals surface area (Å²) in [6, 6.07) is 15.3. The fourth-order valence-electron chi connectivity index (χ4n) is 3.67. The third-order valence-electron chi connectivity index (χ3n) is 4.70. The molecule has 2 aromatic carbocycles. The second kappa shape index (κ2) is 8.72. The number of hydrogen-bond donors (Lipinski definition) is 1. The third kappa shape index (κ3) is 4.73. The van der Waals surface area contributed by atoms with E-state index < -0.39 is 15.9 Å². The lowest BCUT2D eigenvalue weighted by Crippen LogP contribution is -2.30. The van der Waals surface area contributed by atoms with Gasteiger partial charge in [-0.15, -0.1) is 0 Å². The van der Waals surface area contributed by atoms with Crippen LogP contribution in [0.1, 0.15) is 35.9 Å². The summed E-state index contributed by atoms with van der Waals surface area (Å²) in [5.41, 5.74) is 4.32. The van der Waals surface area contributed by atoms with Gasteiger partial charge in [0.25, 0.3) is 5.91 Å². The molecule has 3 rings (SSSR count). The molecular formula is C22H22ClIN2O3S. The van der Waals surface area contributed by atoms with Crippen LogP contribution in [0.4, 0.5) is 0 Å². The van der Waals surface area contributed by atoms with Gasteiger partial charge in [0.15, 0.2) is 0 Å². The van der Waals surface area contributed by atoms with Crippen LogP contribution < -0.4 is 4.72 Å². The molecule has 1 amide bonds. The average molecular weight is 557 g/mol. The highest BCUT2D eigenvalue weighted by molar-refractivity contribution is 14.1. The number of carbonyl (C=O) groups is 1. The molecule has 0 aliphatic rings. The van der Waals surface area contributed by atoms with E-state index >= 15 is 0 Å². The molecule has 0 atom stereocenters. The van der Waals surface area contributed by atoms with Gasteiger partial charge in [0.1, 0.15) is 0 Å². The zero-order valence-corrected chi connectivity index (χ0v) is 20.8. The summed E-state index contributed by atoms with van der Waals surface area (Å²) in [5, 5.41) is 0.615. The molecule has 0 unspecified atom stereocenters. The van der Waals surface area contributed by atoms with E-state index in [1.165, 1.54) is 0 Å². The van der Waals surface area contributed by atoms with Crippen molar-refractivity contribution in [1.82, 2.24) is 9.29 Å². The van der Waals surface area contributed by atoms with Gasteiger partial charge < -0.3 is 4.57 Å². The molecule has 3 aromatic rings. The van der Waals surface area contributed by atoms with Crippen molar-refractivity contribution in [3.05, 3.63) is 68.4 Å². The van der Waals surface area contributed by atoms with Crippen molar-refractivity contribution in [2.75, 3.05) is 6.26 Å². The summed E-state index contributed by atoms with van der Waals surface area (Å²) in [7, 11) is -3.72. The maximum absolute atomic E-state index is 13.1. The molecule has 1 N–H and O–H groups in total. The van der Waals surface area contributed by atoms with Crippen molar-refractivity contribution in [2.24, 2.45) is 0 Å². The van der Waals surface area contributed by atoms with Gasteiger partial charge in [0, 0.05) is 25.9 Å². The standard InChI is InChI=1S/C22H22ClIN2O3S/c1-13(2)26-14(3)19(22(27)25-30(4,28)29)20(16-6-5-7-18(24)12-16)21(26)15-8-10-17(23)11-9-15/h5-13H,1-4H3,(H,25,27). The predicted octanol–water partition coefficient (Wildman–Crippen LogP) is 5.66. The van der Waals surface area contributed by atoms with Crippen LogP contribution in [-0.4, -0.2) is 25.1 Å². The fraction of sp³-hybridized carbons (Fsp3) is 0.227. The number of carbonyl (C=O) groups excluding carboxylic acids is 1. The molecule has 0 aliphatic heterocycles. The van der Waals surface area contributed by atoms with Crippen LogP contribution in [0.25, 0.3) is 22.4 Å². The topological polar surface area (TPSA) is 68.2 Å². The van der Waals surface area contributed by atoms with E-state index in [4.69, 9.17) is 11.6 Å². The normalized spacial score (nSPS) is 11.7. The van der Waals surface area contributed by atoms with E-state index in [9.17, 15) is 13.2 Å². The summed E-state index contributed by atoms with van der Waals surface area (Å²) < 4.78 is 28.8. The number of halogens is 2. The maximum atomic E-state index is 13.1. The highest BCUT2D eigenvalue weighted by Gasteiger charge is 2.29. The number of amides is 1. The Morgan fingerprint density at radius 3 is 2.27 bits per heavy atom.